The number of hydrogen-bond acceptors (Lipinski definition) is 3. The summed E-state index contributed by atoms with van der Waals surface area (Å²) in [6, 6.07) is 0. The summed E-state index contributed by atoms with van der Waals surface area (Å²) in [5.41, 5.74) is 0.515. The van der Waals surface area contributed by atoms with Crippen LogP contribution in [0.15, 0.2) is 35.5 Å². The first kappa shape index (κ1) is 15.2. The first-order valence-electron chi connectivity index (χ1n) is 5.10. The van der Waals surface area contributed by atoms with Crippen molar-refractivity contribution in [2.75, 3.05) is 0 Å². The fraction of sp³-hybridized carbons (Fsp3) is 0.250. The van der Waals surface area contributed by atoms with Gasteiger partial charge in [-0.1, -0.05) is 12.2 Å². The van der Waals surface area contributed by atoms with Gasteiger partial charge in [0.2, 0.25) is 5.24 Å². The maximum absolute atomic E-state index is 11.1. The topological polar surface area (TPSA) is 51.2 Å². The van der Waals surface area contributed by atoms with Crippen molar-refractivity contribution in [1.82, 2.24) is 0 Å². The van der Waals surface area contributed by atoms with Crippen molar-refractivity contribution in [3.63, 3.8) is 0 Å². The summed E-state index contributed by atoms with van der Waals surface area (Å²) in [7, 11) is 0. The predicted octanol–water partition coefficient (Wildman–Crippen LogP) is 3.10. The van der Waals surface area contributed by atoms with E-state index < -0.39 is 15.7 Å². The summed E-state index contributed by atoms with van der Waals surface area (Å²) in [5, 5.41) is -1.75. The lowest BCUT2D eigenvalue weighted by Gasteiger charge is -2.06. The zero-order valence-corrected chi connectivity index (χ0v) is 11.4. The van der Waals surface area contributed by atoms with Gasteiger partial charge in [-0.25, -0.2) is 0 Å². The first-order valence-corrected chi connectivity index (χ1v) is 6.23. The van der Waals surface area contributed by atoms with Crippen molar-refractivity contribution in [3.8, 4) is 0 Å². The molecule has 0 heterocycles. The van der Waals surface area contributed by atoms with Crippen LogP contribution in [0, 0.1) is 5.92 Å². The molecule has 18 heavy (non-hydrogen) atoms. The van der Waals surface area contributed by atoms with E-state index in [-0.39, 0.29) is 23.5 Å². The summed E-state index contributed by atoms with van der Waals surface area (Å²) < 4.78 is 0. The molecule has 0 saturated heterocycles. The lowest BCUT2D eigenvalue weighted by Crippen LogP contribution is -2.00. The Morgan fingerprint density at radius 1 is 0.944 bits per heavy atom. The molecule has 0 aromatic heterocycles. The highest BCUT2D eigenvalue weighted by molar-refractivity contribution is 6.68. The Hall–Kier alpha value is -0.900. The van der Waals surface area contributed by atoms with E-state index in [1.54, 1.807) is 12.2 Å². The standard InChI is InChI=1S/C12H9Cl3O3/c13-10(16)4-1-7-5-8(11(14)17)2-3-9(6-7)12(15)18/h2-3,5-7H,1,4H2. The van der Waals surface area contributed by atoms with E-state index >= 15 is 0 Å². The molecule has 0 bridgehead atoms. The highest BCUT2D eigenvalue weighted by atomic mass is 35.5. The quantitative estimate of drug-likeness (QED) is 0.733. The fourth-order valence-corrected chi connectivity index (χ4v) is 1.87. The van der Waals surface area contributed by atoms with Gasteiger partial charge >= 0.3 is 0 Å². The maximum Gasteiger partial charge on any atom is 0.252 e. The van der Waals surface area contributed by atoms with E-state index in [2.05, 4.69) is 0 Å². The third-order valence-corrected chi connectivity index (χ3v) is 2.98. The van der Waals surface area contributed by atoms with Gasteiger partial charge in [-0.2, -0.15) is 0 Å². The second-order valence-electron chi connectivity index (χ2n) is 3.68. The normalized spacial score (nSPS) is 15.7. The van der Waals surface area contributed by atoms with Crippen LogP contribution in [0.5, 0.6) is 0 Å². The van der Waals surface area contributed by atoms with Gasteiger partial charge in [0.1, 0.15) is 0 Å². The second kappa shape index (κ2) is 6.88. The minimum absolute atomic E-state index is 0.132. The summed E-state index contributed by atoms with van der Waals surface area (Å²) in [6.45, 7) is 0. The number of rotatable bonds is 5. The molecule has 96 valence electrons. The van der Waals surface area contributed by atoms with Crippen LogP contribution < -0.4 is 0 Å². The van der Waals surface area contributed by atoms with Crippen molar-refractivity contribution in [2.45, 2.75) is 12.8 Å². The molecule has 1 aliphatic carbocycles. The largest absolute Gasteiger partial charge is 0.281 e. The maximum atomic E-state index is 11.1. The third kappa shape index (κ3) is 4.77. The Labute approximate surface area is 119 Å². The fourth-order valence-electron chi connectivity index (χ4n) is 1.51. The summed E-state index contributed by atoms with van der Waals surface area (Å²) in [5.74, 6) is -0.293. The molecule has 0 unspecified atom stereocenters. The smallest absolute Gasteiger partial charge is 0.252 e. The van der Waals surface area contributed by atoms with Gasteiger partial charge in [0.05, 0.1) is 0 Å². The molecule has 0 aliphatic heterocycles. The minimum atomic E-state index is -0.634. The Kier molecular flexibility index (Phi) is 5.79. The number of carbonyl (C=O) groups is 3. The highest BCUT2D eigenvalue weighted by Gasteiger charge is 2.15. The van der Waals surface area contributed by atoms with Gasteiger partial charge in [0.15, 0.2) is 0 Å². The second-order valence-corrected chi connectivity index (χ2v) is 4.79. The Bertz CT molecular complexity index is 441. The van der Waals surface area contributed by atoms with E-state index in [1.807, 2.05) is 0 Å². The average Bonchev–Trinajstić information content (AvgIpc) is 2.48. The van der Waals surface area contributed by atoms with E-state index in [4.69, 9.17) is 34.8 Å². The number of carbonyl (C=O) groups excluding carboxylic acids is 3. The Morgan fingerprint density at radius 2 is 1.39 bits per heavy atom. The zero-order valence-electron chi connectivity index (χ0n) is 9.16. The van der Waals surface area contributed by atoms with Crippen molar-refractivity contribution in [1.29, 1.82) is 0 Å². The van der Waals surface area contributed by atoms with Gasteiger partial charge < -0.3 is 0 Å². The van der Waals surface area contributed by atoms with Crippen LogP contribution in [0.3, 0.4) is 0 Å². The monoisotopic (exact) mass is 306 g/mol. The molecule has 0 saturated carbocycles. The van der Waals surface area contributed by atoms with Gasteiger partial charge in [-0.05, 0) is 59.3 Å². The zero-order chi connectivity index (χ0) is 13.7. The Balaban J connectivity index is 2.97. The molecule has 0 spiro atoms. The van der Waals surface area contributed by atoms with Crippen molar-refractivity contribution in [3.05, 3.63) is 35.5 Å². The van der Waals surface area contributed by atoms with Crippen LogP contribution >= 0.6 is 34.8 Å². The lowest BCUT2D eigenvalue weighted by molar-refractivity contribution is -0.112. The number of hydrogen-bond donors (Lipinski definition) is 0. The predicted molar refractivity (Wildman–Crippen MR) is 70.6 cm³/mol. The van der Waals surface area contributed by atoms with Crippen molar-refractivity contribution < 1.29 is 14.4 Å². The van der Waals surface area contributed by atoms with Crippen LogP contribution in [0.4, 0.5) is 0 Å². The summed E-state index contributed by atoms with van der Waals surface area (Å²) >= 11 is 16.0. The molecule has 0 amide bonds. The molecule has 0 aromatic rings. The van der Waals surface area contributed by atoms with E-state index in [1.165, 1.54) is 12.2 Å². The molecule has 0 radical (unpaired) electrons. The third-order valence-electron chi connectivity index (χ3n) is 2.36. The van der Waals surface area contributed by atoms with Crippen LogP contribution in [-0.4, -0.2) is 15.7 Å². The molecule has 0 fully saturated rings. The van der Waals surface area contributed by atoms with Gasteiger partial charge in [-0.15, -0.1) is 0 Å². The van der Waals surface area contributed by atoms with Gasteiger partial charge in [-0.3, -0.25) is 14.4 Å². The molecular weight excluding hydrogens is 298 g/mol. The molecule has 3 nitrogen and oxygen atoms in total. The Morgan fingerprint density at radius 3 is 1.72 bits per heavy atom. The van der Waals surface area contributed by atoms with Crippen LogP contribution in [0.25, 0.3) is 0 Å². The number of halogens is 3. The molecule has 6 heteroatoms. The van der Waals surface area contributed by atoms with E-state index in [0.29, 0.717) is 6.42 Å². The SMILES string of the molecule is O=C(Cl)CCC1C=C(C(=O)Cl)C=CC(C(=O)Cl)=C1. The van der Waals surface area contributed by atoms with E-state index in [0.717, 1.165) is 0 Å². The van der Waals surface area contributed by atoms with Gasteiger partial charge in [0, 0.05) is 17.6 Å². The molecular formula is C12H9Cl3O3. The molecule has 1 aliphatic rings. The average molecular weight is 308 g/mol. The number of allylic oxidation sites excluding steroid dienone is 6. The highest BCUT2D eigenvalue weighted by Crippen LogP contribution is 2.22. The van der Waals surface area contributed by atoms with Crippen molar-refractivity contribution >= 4 is 50.5 Å². The van der Waals surface area contributed by atoms with Crippen LogP contribution in [0.2, 0.25) is 0 Å². The summed E-state index contributed by atoms with van der Waals surface area (Å²) in [6.07, 6.45) is 6.52. The summed E-state index contributed by atoms with van der Waals surface area (Å²) in [4.78, 5) is 33.0. The molecule has 1 rings (SSSR count). The molecule has 0 atom stereocenters. The van der Waals surface area contributed by atoms with E-state index in [9.17, 15) is 14.4 Å². The lowest BCUT2D eigenvalue weighted by atomic mass is 10.00. The minimum Gasteiger partial charge on any atom is -0.281 e. The molecule has 0 aromatic carbocycles. The van der Waals surface area contributed by atoms with Crippen LogP contribution in [-0.2, 0) is 14.4 Å². The van der Waals surface area contributed by atoms with Crippen molar-refractivity contribution in [2.24, 2.45) is 5.92 Å². The molecule has 0 N–H and O–H groups in total. The first-order chi connectivity index (χ1) is 8.40. The van der Waals surface area contributed by atoms with Gasteiger partial charge in [0.25, 0.3) is 10.5 Å². The van der Waals surface area contributed by atoms with Crippen LogP contribution in [0.1, 0.15) is 12.8 Å².